The summed E-state index contributed by atoms with van der Waals surface area (Å²) in [6.45, 7) is 14.5. The van der Waals surface area contributed by atoms with Crippen LogP contribution in [0.15, 0.2) is 36.5 Å². The molecule has 0 amide bonds. The molecule has 1 aliphatic heterocycles. The number of nitrogens with one attached hydrogen (secondary N) is 1. The Labute approximate surface area is 197 Å². The molecule has 0 atom stereocenters. The number of rotatable bonds is 8. The minimum atomic E-state index is 0.0813. The van der Waals surface area contributed by atoms with Crippen LogP contribution in [-0.2, 0) is 11.3 Å². The summed E-state index contributed by atoms with van der Waals surface area (Å²) < 4.78 is 5.37. The number of hydrogen-bond acceptors (Lipinski definition) is 7. The van der Waals surface area contributed by atoms with Crippen molar-refractivity contribution in [3.8, 4) is 17.9 Å². The van der Waals surface area contributed by atoms with Crippen LogP contribution in [0.4, 0.5) is 5.82 Å². The summed E-state index contributed by atoms with van der Waals surface area (Å²) in [6, 6.07) is 12.2. The first-order valence-electron chi connectivity index (χ1n) is 11.5. The van der Waals surface area contributed by atoms with Crippen molar-refractivity contribution in [2.24, 2.45) is 5.41 Å². The molecule has 2 heterocycles. The Morgan fingerprint density at radius 2 is 1.91 bits per heavy atom. The molecule has 1 aromatic heterocycles. The minimum absolute atomic E-state index is 0.0813. The van der Waals surface area contributed by atoms with Crippen LogP contribution in [0.25, 0.3) is 0 Å². The molecule has 3 rings (SSSR count). The predicted octanol–water partition coefficient (Wildman–Crippen LogP) is 2.67. The van der Waals surface area contributed by atoms with Crippen molar-refractivity contribution in [2.45, 2.75) is 27.3 Å². The van der Waals surface area contributed by atoms with Crippen LogP contribution >= 0.6 is 0 Å². The minimum Gasteiger partial charge on any atom is -0.379 e. The number of hydrogen-bond donors (Lipinski definition) is 1. The zero-order valence-electron chi connectivity index (χ0n) is 20.0. The molecule has 174 valence electrons. The fourth-order valence-electron chi connectivity index (χ4n) is 3.64. The van der Waals surface area contributed by atoms with Crippen molar-refractivity contribution in [1.29, 1.82) is 5.26 Å². The van der Waals surface area contributed by atoms with Crippen molar-refractivity contribution in [3.05, 3.63) is 53.5 Å². The predicted molar refractivity (Wildman–Crippen MR) is 131 cm³/mol. The number of nitriles is 1. The van der Waals surface area contributed by atoms with Gasteiger partial charge in [0.2, 0.25) is 5.82 Å². The van der Waals surface area contributed by atoms with Gasteiger partial charge in [-0.1, -0.05) is 44.7 Å². The van der Waals surface area contributed by atoms with Crippen molar-refractivity contribution >= 4 is 5.82 Å². The van der Waals surface area contributed by atoms with E-state index in [0.717, 1.165) is 57.3 Å². The number of aromatic nitrogens is 2. The highest BCUT2D eigenvalue weighted by Gasteiger charge is 2.19. The van der Waals surface area contributed by atoms with Gasteiger partial charge in [0.15, 0.2) is 0 Å². The summed E-state index contributed by atoms with van der Waals surface area (Å²) in [5.41, 5.74) is 2.26. The Kier molecular flexibility index (Phi) is 9.21. The maximum Gasteiger partial charge on any atom is 0.234 e. The van der Waals surface area contributed by atoms with Gasteiger partial charge in [0.1, 0.15) is 11.9 Å². The van der Waals surface area contributed by atoms with Crippen molar-refractivity contribution in [3.63, 3.8) is 0 Å². The molecule has 1 saturated heterocycles. The van der Waals surface area contributed by atoms with E-state index in [1.165, 1.54) is 5.56 Å². The van der Waals surface area contributed by atoms with Gasteiger partial charge in [0, 0.05) is 51.0 Å². The third-order valence-electron chi connectivity index (χ3n) is 5.21. The van der Waals surface area contributed by atoms with E-state index in [1.54, 1.807) is 6.20 Å². The Bertz CT molecular complexity index is 975. The average molecular weight is 447 g/mol. The highest BCUT2D eigenvalue weighted by molar-refractivity contribution is 5.42. The first kappa shape index (κ1) is 24.7. The summed E-state index contributed by atoms with van der Waals surface area (Å²) in [7, 11) is 0. The van der Waals surface area contributed by atoms with E-state index in [4.69, 9.17) is 10.00 Å². The Morgan fingerprint density at radius 3 is 2.61 bits per heavy atom. The maximum atomic E-state index is 9.16. The molecule has 0 bridgehead atoms. The number of nitrogens with zero attached hydrogens (tertiary/aromatic N) is 5. The summed E-state index contributed by atoms with van der Waals surface area (Å²) in [6.07, 6.45) is 1.64. The van der Waals surface area contributed by atoms with Gasteiger partial charge in [-0.25, -0.2) is 9.97 Å². The number of benzene rings is 1. The average Bonchev–Trinajstić information content (AvgIpc) is 2.82. The molecule has 1 aliphatic rings. The highest BCUT2D eigenvalue weighted by Crippen LogP contribution is 2.22. The summed E-state index contributed by atoms with van der Waals surface area (Å²) in [5.74, 6) is 7.40. The van der Waals surface area contributed by atoms with Crippen LogP contribution in [0.1, 0.15) is 37.7 Å². The second kappa shape index (κ2) is 12.3. The van der Waals surface area contributed by atoms with Crippen LogP contribution in [0.3, 0.4) is 0 Å². The lowest BCUT2D eigenvalue weighted by molar-refractivity contribution is 0.0385. The molecule has 0 saturated carbocycles. The first-order chi connectivity index (χ1) is 15.9. The molecule has 1 aromatic carbocycles. The quantitative estimate of drug-likeness (QED) is 0.493. The molecular weight excluding hydrogens is 412 g/mol. The SMILES string of the molecule is CC(C)(C)CN(Cc1ccc(C#CCNCCN2CCOCC2)cc1)c1ccnc(C#N)n1. The van der Waals surface area contributed by atoms with Gasteiger partial charge in [0.05, 0.1) is 19.8 Å². The van der Waals surface area contributed by atoms with E-state index in [0.29, 0.717) is 13.1 Å². The van der Waals surface area contributed by atoms with E-state index < -0.39 is 0 Å². The molecular formula is C26H34N6O. The van der Waals surface area contributed by atoms with Gasteiger partial charge in [-0.2, -0.15) is 5.26 Å². The van der Waals surface area contributed by atoms with E-state index in [-0.39, 0.29) is 11.2 Å². The van der Waals surface area contributed by atoms with Gasteiger partial charge in [0.25, 0.3) is 0 Å². The number of morpholine rings is 1. The molecule has 7 heteroatoms. The molecule has 33 heavy (non-hydrogen) atoms. The van der Waals surface area contributed by atoms with Gasteiger partial charge >= 0.3 is 0 Å². The van der Waals surface area contributed by atoms with Gasteiger partial charge in [-0.15, -0.1) is 0 Å². The van der Waals surface area contributed by atoms with Gasteiger partial charge in [-0.05, 0) is 29.2 Å². The monoisotopic (exact) mass is 446 g/mol. The van der Waals surface area contributed by atoms with Crippen molar-refractivity contribution < 1.29 is 4.74 Å². The molecule has 2 aromatic rings. The largest absolute Gasteiger partial charge is 0.379 e. The zero-order chi connectivity index (χ0) is 23.5. The summed E-state index contributed by atoms with van der Waals surface area (Å²) in [4.78, 5) is 13.0. The van der Waals surface area contributed by atoms with Gasteiger partial charge in [-0.3, -0.25) is 4.90 Å². The lowest BCUT2D eigenvalue weighted by atomic mass is 9.95. The lowest BCUT2D eigenvalue weighted by Gasteiger charge is -2.31. The standard InChI is InChI=1S/C26H34N6O/c1-26(2,3)21-32(25-10-12-29-24(19-27)30-25)20-23-8-6-22(7-9-23)5-4-11-28-13-14-31-15-17-33-18-16-31/h6-10,12,28H,11,13-18,20-21H2,1-3H3. The Balaban J connectivity index is 1.53. The van der Waals surface area contributed by atoms with Crippen LogP contribution < -0.4 is 10.2 Å². The third kappa shape index (κ3) is 8.82. The van der Waals surface area contributed by atoms with Crippen LogP contribution in [0.2, 0.25) is 0 Å². The lowest BCUT2D eigenvalue weighted by Crippen LogP contribution is -2.40. The van der Waals surface area contributed by atoms with E-state index in [2.05, 4.69) is 82.0 Å². The number of anilines is 1. The first-order valence-corrected chi connectivity index (χ1v) is 11.5. The maximum absolute atomic E-state index is 9.16. The number of ether oxygens (including phenoxy) is 1. The Morgan fingerprint density at radius 1 is 1.15 bits per heavy atom. The topological polar surface area (TPSA) is 77.3 Å². The zero-order valence-corrected chi connectivity index (χ0v) is 20.0. The molecule has 0 spiro atoms. The highest BCUT2D eigenvalue weighted by atomic mass is 16.5. The Hall–Kier alpha value is -2.97. The third-order valence-corrected chi connectivity index (χ3v) is 5.21. The van der Waals surface area contributed by atoms with Crippen LogP contribution in [-0.4, -0.2) is 67.4 Å². The molecule has 7 nitrogen and oxygen atoms in total. The van der Waals surface area contributed by atoms with Crippen LogP contribution in [0.5, 0.6) is 0 Å². The second-order valence-corrected chi connectivity index (χ2v) is 9.40. The van der Waals surface area contributed by atoms with E-state index >= 15 is 0 Å². The van der Waals surface area contributed by atoms with E-state index in [9.17, 15) is 0 Å². The fourth-order valence-corrected chi connectivity index (χ4v) is 3.64. The van der Waals surface area contributed by atoms with E-state index in [1.807, 2.05) is 12.1 Å². The van der Waals surface area contributed by atoms with Crippen LogP contribution in [0, 0.1) is 28.6 Å². The molecule has 0 radical (unpaired) electrons. The van der Waals surface area contributed by atoms with Crippen molar-refractivity contribution in [1.82, 2.24) is 20.2 Å². The molecule has 1 fully saturated rings. The molecule has 0 unspecified atom stereocenters. The fraction of sp³-hybridized carbons (Fsp3) is 0.500. The summed E-state index contributed by atoms with van der Waals surface area (Å²) >= 11 is 0. The van der Waals surface area contributed by atoms with Crippen molar-refractivity contribution in [2.75, 3.05) is 57.4 Å². The smallest absolute Gasteiger partial charge is 0.234 e. The van der Waals surface area contributed by atoms with Gasteiger partial charge < -0.3 is 15.0 Å². The normalized spacial score (nSPS) is 14.2. The summed E-state index contributed by atoms with van der Waals surface area (Å²) in [5, 5.41) is 12.5. The second-order valence-electron chi connectivity index (χ2n) is 9.40. The molecule has 0 aliphatic carbocycles. The molecule has 1 N–H and O–H groups in total.